The Morgan fingerprint density at radius 2 is 2.50 bits per heavy atom. The lowest BCUT2D eigenvalue weighted by Crippen LogP contribution is -2.19. The highest BCUT2D eigenvalue weighted by Crippen LogP contribution is 1.87. The molecule has 10 heavy (non-hydrogen) atoms. The second kappa shape index (κ2) is 5.89. The third-order valence-electron chi connectivity index (χ3n) is 0.889. The van der Waals surface area contributed by atoms with Gasteiger partial charge in [0.15, 0.2) is 6.19 Å². The van der Waals surface area contributed by atoms with Crippen LogP contribution in [-0.4, -0.2) is 12.7 Å². The fourth-order valence-corrected chi connectivity index (χ4v) is 0.391. The van der Waals surface area contributed by atoms with E-state index < -0.39 is 6.09 Å². The average Bonchev–Trinajstić information content (AvgIpc) is 1.89. The smallest absolute Gasteiger partial charge is 0.420 e. The van der Waals surface area contributed by atoms with Gasteiger partial charge in [0.1, 0.15) is 0 Å². The van der Waals surface area contributed by atoms with E-state index >= 15 is 0 Å². The van der Waals surface area contributed by atoms with Crippen molar-refractivity contribution >= 4 is 6.09 Å². The number of nitrogens with zero attached hydrogens (tertiary/aromatic N) is 1. The maximum Gasteiger partial charge on any atom is 0.420 e. The Bertz CT molecular complexity index is 139. The van der Waals surface area contributed by atoms with Crippen molar-refractivity contribution in [3.05, 3.63) is 0 Å². The van der Waals surface area contributed by atoms with Gasteiger partial charge in [-0.15, -0.1) is 0 Å². The summed E-state index contributed by atoms with van der Waals surface area (Å²) in [6.45, 7) is 2.37. The van der Waals surface area contributed by atoms with Crippen molar-refractivity contribution in [2.45, 2.75) is 19.8 Å². The van der Waals surface area contributed by atoms with Crippen LogP contribution in [0.5, 0.6) is 0 Å². The minimum absolute atomic E-state index is 0.379. The molecular weight excluding hydrogens is 132 g/mol. The van der Waals surface area contributed by atoms with Crippen LogP contribution in [0.15, 0.2) is 0 Å². The molecule has 0 aliphatic carbocycles. The molecule has 56 valence electrons. The maximum atomic E-state index is 10.4. The van der Waals surface area contributed by atoms with Crippen molar-refractivity contribution in [3.8, 4) is 6.19 Å². The molecule has 0 saturated carbocycles. The van der Waals surface area contributed by atoms with Gasteiger partial charge in [-0.1, -0.05) is 13.3 Å². The van der Waals surface area contributed by atoms with Gasteiger partial charge in [-0.25, -0.2) is 10.1 Å². The number of amides is 1. The monoisotopic (exact) mass is 142 g/mol. The Kier molecular flexibility index (Phi) is 5.16. The number of hydrogen-bond donors (Lipinski definition) is 1. The standard InChI is InChI=1S/C6H10N2O2/c1-2-3-4-10-6(9)8-5-7/h2-4H2,1H3,(H,8,9). The topological polar surface area (TPSA) is 62.1 Å². The first kappa shape index (κ1) is 8.76. The lowest BCUT2D eigenvalue weighted by atomic mass is 10.4. The number of nitrogens with one attached hydrogen (secondary N) is 1. The summed E-state index contributed by atoms with van der Waals surface area (Å²) in [6, 6.07) is 0. The Hall–Kier alpha value is -1.24. The van der Waals surface area contributed by atoms with E-state index in [4.69, 9.17) is 5.26 Å². The zero-order chi connectivity index (χ0) is 7.82. The van der Waals surface area contributed by atoms with Crippen LogP contribution in [0.4, 0.5) is 4.79 Å². The number of carbonyl (C=O) groups excluding carboxylic acids is 1. The molecule has 0 saturated heterocycles. The molecule has 1 N–H and O–H groups in total. The lowest BCUT2D eigenvalue weighted by molar-refractivity contribution is 0.149. The number of rotatable bonds is 3. The van der Waals surface area contributed by atoms with Gasteiger partial charge in [-0.2, -0.15) is 5.26 Å². The van der Waals surface area contributed by atoms with Crippen LogP contribution in [0.1, 0.15) is 19.8 Å². The predicted octanol–water partition coefficient (Wildman–Crippen LogP) is 0.994. The van der Waals surface area contributed by atoms with Gasteiger partial charge < -0.3 is 4.74 Å². The number of ether oxygens (including phenoxy) is 1. The Morgan fingerprint density at radius 1 is 1.80 bits per heavy atom. The average molecular weight is 142 g/mol. The lowest BCUT2D eigenvalue weighted by Gasteiger charge is -1.98. The van der Waals surface area contributed by atoms with Crippen LogP contribution in [0.3, 0.4) is 0 Å². The first-order valence-corrected chi connectivity index (χ1v) is 3.13. The highest BCUT2D eigenvalue weighted by Gasteiger charge is 1.96. The third kappa shape index (κ3) is 4.91. The predicted molar refractivity (Wildman–Crippen MR) is 35.0 cm³/mol. The molecule has 0 aliphatic rings. The van der Waals surface area contributed by atoms with E-state index in [1.165, 1.54) is 6.19 Å². The van der Waals surface area contributed by atoms with Crippen molar-refractivity contribution in [1.29, 1.82) is 5.26 Å². The Morgan fingerprint density at radius 3 is 3.00 bits per heavy atom. The van der Waals surface area contributed by atoms with E-state index in [2.05, 4.69) is 4.74 Å². The van der Waals surface area contributed by atoms with E-state index in [-0.39, 0.29) is 0 Å². The van der Waals surface area contributed by atoms with E-state index in [1.54, 1.807) is 0 Å². The number of alkyl carbamates (subject to hydrolysis) is 1. The third-order valence-corrected chi connectivity index (χ3v) is 0.889. The summed E-state index contributed by atoms with van der Waals surface area (Å²) in [4.78, 5) is 10.4. The fourth-order valence-electron chi connectivity index (χ4n) is 0.391. The van der Waals surface area contributed by atoms with Gasteiger partial charge in [0.25, 0.3) is 0 Å². The van der Waals surface area contributed by atoms with Gasteiger partial charge in [0.05, 0.1) is 6.61 Å². The highest BCUT2D eigenvalue weighted by molar-refractivity contribution is 5.68. The number of unbranched alkanes of at least 4 members (excludes halogenated alkanes) is 1. The van der Waals surface area contributed by atoms with Crippen LogP contribution in [0.2, 0.25) is 0 Å². The van der Waals surface area contributed by atoms with E-state index in [9.17, 15) is 4.79 Å². The molecule has 0 spiro atoms. The SMILES string of the molecule is CCCCOC(=O)NC#N. The molecule has 0 rings (SSSR count). The first-order valence-electron chi connectivity index (χ1n) is 3.13. The Balaban J connectivity index is 3.15. The van der Waals surface area contributed by atoms with Gasteiger partial charge in [0.2, 0.25) is 0 Å². The van der Waals surface area contributed by atoms with Crippen molar-refractivity contribution in [2.24, 2.45) is 0 Å². The molecule has 0 atom stereocenters. The van der Waals surface area contributed by atoms with E-state index in [0.29, 0.717) is 6.61 Å². The zero-order valence-corrected chi connectivity index (χ0v) is 5.89. The minimum Gasteiger partial charge on any atom is -0.449 e. The summed E-state index contributed by atoms with van der Waals surface area (Å²) in [6.07, 6.45) is 2.60. The van der Waals surface area contributed by atoms with Crippen molar-refractivity contribution in [1.82, 2.24) is 5.32 Å². The summed E-state index contributed by atoms with van der Waals surface area (Å²) < 4.78 is 4.55. The van der Waals surface area contributed by atoms with Gasteiger partial charge in [-0.3, -0.25) is 0 Å². The number of nitriles is 1. The molecule has 0 aromatic carbocycles. The largest absolute Gasteiger partial charge is 0.449 e. The highest BCUT2D eigenvalue weighted by atomic mass is 16.5. The summed E-state index contributed by atoms with van der Waals surface area (Å²) in [5.41, 5.74) is 0. The quantitative estimate of drug-likeness (QED) is 0.363. The van der Waals surface area contributed by atoms with Crippen molar-refractivity contribution in [2.75, 3.05) is 6.61 Å². The van der Waals surface area contributed by atoms with Crippen LogP contribution < -0.4 is 5.32 Å². The molecule has 0 aromatic heterocycles. The second-order valence-electron chi connectivity index (χ2n) is 1.73. The van der Waals surface area contributed by atoms with Crippen LogP contribution in [-0.2, 0) is 4.74 Å². The summed E-state index contributed by atoms with van der Waals surface area (Å²) >= 11 is 0. The van der Waals surface area contributed by atoms with Crippen molar-refractivity contribution < 1.29 is 9.53 Å². The second-order valence-corrected chi connectivity index (χ2v) is 1.73. The summed E-state index contributed by atoms with van der Waals surface area (Å²) in [5, 5.41) is 9.78. The minimum atomic E-state index is -0.670. The zero-order valence-electron chi connectivity index (χ0n) is 5.89. The summed E-state index contributed by atoms with van der Waals surface area (Å²) in [7, 11) is 0. The maximum absolute atomic E-state index is 10.4. The van der Waals surface area contributed by atoms with Gasteiger partial charge >= 0.3 is 6.09 Å². The Labute approximate surface area is 59.8 Å². The molecule has 0 heterocycles. The van der Waals surface area contributed by atoms with Gasteiger partial charge in [-0.05, 0) is 6.42 Å². The number of carbonyl (C=O) groups is 1. The van der Waals surface area contributed by atoms with E-state index in [0.717, 1.165) is 12.8 Å². The molecule has 0 aliphatic heterocycles. The van der Waals surface area contributed by atoms with Crippen LogP contribution in [0, 0.1) is 11.5 Å². The van der Waals surface area contributed by atoms with Crippen LogP contribution >= 0.6 is 0 Å². The molecule has 4 heteroatoms. The molecule has 4 nitrogen and oxygen atoms in total. The van der Waals surface area contributed by atoms with E-state index in [1.807, 2.05) is 12.2 Å². The first-order chi connectivity index (χ1) is 4.81. The molecule has 0 bridgehead atoms. The van der Waals surface area contributed by atoms with Crippen LogP contribution in [0.25, 0.3) is 0 Å². The summed E-state index contributed by atoms with van der Waals surface area (Å²) in [5.74, 6) is 0. The molecule has 0 radical (unpaired) electrons. The van der Waals surface area contributed by atoms with Crippen molar-refractivity contribution in [3.63, 3.8) is 0 Å². The molecule has 0 unspecified atom stereocenters. The molecule has 0 fully saturated rings. The molecule has 1 amide bonds. The number of hydrogen-bond acceptors (Lipinski definition) is 3. The molecular formula is C6H10N2O2. The normalized spacial score (nSPS) is 8.00. The molecule has 0 aromatic rings. The fraction of sp³-hybridized carbons (Fsp3) is 0.667. The van der Waals surface area contributed by atoms with Gasteiger partial charge in [0, 0.05) is 0 Å².